The lowest BCUT2D eigenvalue weighted by Crippen LogP contribution is -2.19. The largest absolute Gasteiger partial charge is 0.310 e. The van der Waals surface area contributed by atoms with Gasteiger partial charge in [0, 0.05) is 6.04 Å². The zero-order valence-electron chi connectivity index (χ0n) is 9.63. The first-order chi connectivity index (χ1) is 7.65. The highest BCUT2D eigenvalue weighted by molar-refractivity contribution is 5.20. The van der Waals surface area contributed by atoms with Crippen molar-refractivity contribution in [1.82, 2.24) is 5.32 Å². The molecule has 0 aliphatic carbocycles. The molecular weight excluding hydrogens is 208 g/mol. The Kier molecular flexibility index (Phi) is 5.12. The molecule has 0 radical (unpaired) electrons. The molecule has 0 heterocycles. The molecule has 1 nitrogen and oxygen atoms in total. The van der Waals surface area contributed by atoms with Crippen LogP contribution in [0, 0.1) is 11.6 Å². The Bertz CT molecular complexity index is 361. The van der Waals surface area contributed by atoms with E-state index in [-0.39, 0.29) is 6.04 Å². The van der Waals surface area contributed by atoms with Crippen LogP contribution in [0.25, 0.3) is 0 Å². The predicted octanol–water partition coefficient (Wildman–Crippen LogP) is 3.58. The minimum absolute atomic E-state index is 0.0281. The molecule has 0 aromatic heterocycles. The molecule has 1 rings (SSSR count). The summed E-state index contributed by atoms with van der Waals surface area (Å²) in [5.41, 5.74) is 0.763. The summed E-state index contributed by atoms with van der Waals surface area (Å²) in [5.74, 6) is -1.59. The van der Waals surface area contributed by atoms with Crippen LogP contribution in [0.5, 0.6) is 0 Å². The monoisotopic (exact) mass is 225 g/mol. The van der Waals surface area contributed by atoms with Gasteiger partial charge in [0.1, 0.15) is 0 Å². The van der Waals surface area contributed by atoms with Gasteiger partial charge in [-0.3, -0.25) is 0 Å². The summed E-state index contributed by atoms with van der Waals surface area (Å²) in [6.07, 6.45) is 4.99. The van der Waals surface area contributed by atoms with E-state index >= 15 is 0 Å². The third kappa shape index (κ3) is 3.74. The molecule has 0 aliphatic rings. The average Bonchev–Trinajstić information content (AvgIpc) is 2.28. The van der Waals surface area contributed by atoms with Gasteiger partial charge in [0.15, 0.2) is 11.6 Å². The van der Waals surface area contributed by atoms with Gasteiger partial charge in [-0.1, -0.05) is 18.2 Å². The molecule has 1 aromatic rings. The van der Waals surface area contributed by atoms with Crippen molar-refractivity contribution in [3.8, 4) is 0 Å². The Morgan fingerprint density at radius 1 is 1.31 bits per heavy atom. The summed E-state index contributed by atoms with van der Waals surface area (Å²) in [5, 5.41) is 3.24. The molecule has 0 saturated heterocycles. The van der Waals surface area contributed by atoms with Crippen LogP contribution in [-0.2, 0) is 0 Å². The van der Waals surface area contributed by atoms with E-state index in [9.17, 15) is 8.78 Å². The molecule has 0 bridgehead atoms. The minimum atomic E-state index is -0.801. The maximum Gasteiger partial charge on any atom is 0.159 e. The van der Waals surface area contributed by atoms with Gasteiger partial charge in [-0.15, -0.1) is 0 Å². The lowest BCUT2D eigenvalue weighted by Gasteiger charge is -2.13. The Morgan fingerprint density at radius 3 is 2.69 bits per heavy atom. The Morgan fingerprint density at radius 2 is 2.06 bits per heavy atom. The van der Waals surface area contributed by atoms with Crippen molar-refractivity contribution < 1.29 is 8.78 Å². The molecule has 0 amide bonds. The summed E-state index contributed by atoms with van der Waals surface area (Å²) in [6.45, 7) is 4.73. The fourth-order valence-corrected chi connectivity index (χ4v) is 1.45. The van der Waals surface area contributed by atoms with Gasteiger partial charge in [-0.2, -0.15) is 0 Å². The normalized spacial score (nSPS) is 13.2. The van der Waals surface area contributed by atoms with Gasteiger partial charge >= 0.3 is 0 Å². The highest BCUT2D eigenvalue weighted by Crippen LogP contribution is 2.15. The van der Waals surface area contributed by atoms with Gasteiger partial charge in [0.05, 0.1) is 0 Å². The smallest absolute Gasteiger partial charge is 0.159 e. The van der Waals surface area contributed by atoms with Crippen LogP contribution in [0.2, 0.25) is 0 Å². The van der Waals surface area contributed by atoms with Crippen LogP contribution in [0.3, 0.4) is 0 Å². The fourth-order valence-electron chi connectivity index (χ4n) is 1.45. The third-order valence-electron chi connectivity index (χ3n) is 2.44. The molecule has 0 fully saturated rings. The van der Waals surface area contributed by atoms with E-state index < -0.39 is 11.6 Å². The summed E-state index contributed by atoms with van der Waals surface area (Å²) in [4.78, 5) is 0. The molecule has 1 N–H and O–H groups in total. The van der Waals surface area contributed by atoms with E-state index in [1.54, 1.807) is 6.07 Å². The second-order valence-electron chi connectivity index (χ2n) is 3.71. The molecule has 16 heavy (non-hydrogen) atoms. The molecule has 1 atom stereocenters. The Hall–Kier alpha value is -1.22. The number of hydrogen-bond acceptors (Lipinski definition) is 1. The summed E-state index contributed by atoms with van der Waals surface area (Å²) in [7, 11) is 0. The van der Waals surface area contributed by atoms with Gasteiger partial charge in [0.2, 0.25) is 0 Å². The van der Waals surface area contributed by atoms with E-state index in [2.05, 4.69) is 11.4 Å². The van der Waals surface area contributed by atoms with Gasteiger partial charge < -0.3 is 5.32 Å². The lowest BCUT2D eigenvalue weighted by atomic mass is 10.1. The molecule has 0 aliphatic heterocycles. The minimum Gasteiger partial charge on any atom is -0.310 e. The number of hydrogen-bond donors (Lipinski definition) is 1. The van der Waals surface area contributed by atoms with Crippen LogP contribution in [0.1, 0.15) is 31.9 Å². The quantitative estimate of drug-likeness (QED) is 0.596. The molecule has 1 aromatic carbocycles. The average molecular weight is 225 g/mol. The maximum atomic E-state index is 13.0. The number of allylic oxidation sites excluding steroid dienone is 1. The molecule has 1 unspecified atom stereocenters. The standard InChI is InChI=1S/C13H17F2N/c1-3-4-5-8-16-10(2)11-6-7-12(14)13(15)9-11/h3-4,6-7,9-10,16H,5,8H2,1-2H3/b4-3+. The third-order valence-corrected chi connectivity index (χ3v) is 2.44. The van der Waals surface area contributed by atoms with Crippen molar-refractivity contribution >= 4 is 0 Å². The van der Waals surface area contributed by atoms with Gasteiger partial charge in [-0.25, -0.2) is 8.78 Å². The number of halogens is 2. The first-order valence-electron chi connectivity index (χ1n) is 5.44. The number of rotatable bonds is 5. The van der Waals surface area contributed by atoms with Crippen LogP contribution < -0.4 is 5.32 Å². The summed E-state index contributed by atoms with van der Waals surface area (Å²) < 4.78 is 25.7. The molecule has 3 heteroatoms. The second kappa shape index (κ2) is 6.38. The van der Waals surface area contributed by atoms with E-state index in [4.69, 9.17) is 0 Å². The Labute approximate surface area is 95.2 Å². The number of benzene rings is 1. The maximum absolute atomic E-state index is 13.0. The zero-order valence-corrected chi connectivity index (χ0v) is 9.63. The van der Waals surface area contributed by atoms with Crippen molar-refractivity contribution in [3.05, 3.63) is 47.5 Å². The highest BCUT2D eigenvalue weighted by atomic mass is 19.2. The van der Waals surface area contributed by atoms with E-state index in [0.717, 1.165) is 24.6 Å². The van der Waals surface area contributed by atoms with Crippen LogP contribution in [0.15, 0.2) is 30.4 Å². The van der Waals surface area contributed by atoms with E-state index in [0.29, 0.717) is 0 Å². The Balaban J connectivity index is 2.52. The van der Waals surface area contributed by atoms with Crippen molar-refractivity contribution in [2.24, 2.45) is 0 Å². The number of nitrogens with one attached hydrogen (secondary N) is 1. The zero-order chi connectivity index (χ0) is 12.0. The first kappa shape index (κ1) is 12.8. The predicted molar refractivity (Wildman–Crippen MR) is 62.2 cm³/mol. The topological polar surface area (TPSA) is 12.0 Å². The van der Waals surface area contributed by atoms with E-state index in [1.165, 1.54) is 6.07 Å². The van der Waals surface area contributed by atoms with Crippen LogP contribution in [0.4, 0.5) is 8.78 Å². The van der Waals surface area contributed by atoms with Crippen molar-refractivity contribution in [2.45, 2.75) is 26.3 Å². The lowest BCUT2D eigenvalue weighted by molar-refractivity contribution is 0.501. The first-order valence-corrected chi connectivity index (χ1v) is 5.44. The molecule has 88 valence electrons. The molecule has 0 saturated carbocycles. The van der Waals surface area contributed by atoms with Gasteiger partial charge in [-0.05, 0) is 44.5 Å². The SMILES string of the molecule is C/C=C/CCNC(C)c1ccc(F)c(F)c1. The second-order valence-corrected chi connectivity index (χ2v) is 3.71. The van der Waals surface area contributed by atoms with Crippen LogP contribution >= 0.6 is 0 Å². The summed E-state index contributed by atoms with van der Waals surface area (Å²) >= 11 is 0. The van der Waals surface area contributed by atoms with Crippen molar-refractivity contribution in [1.29, 1.82) is 0 Å². The van der Waals surface area contributed by atoms with Crippen molar-refractivity contribution in [2.75, 3.05) is 6.54 Å². The van der Waals surface area contributed by atoms with Crippen molar-refractivity contribution in [3.63, 3.8) is 0 Å². The van der Waals surface area contributed by atoms with Gasteiger partial charge in [0.25, 0.3) is 0 Å². The summed E-state index contributed by atoms with van der Waals surface area (Å²) in [6, 6.07) is 4.03. The van der Waals surface area contributed by atoms with Crippen LogP contribution in [-0.4, -0.2) is 6.54 Å². The fraction of sp³-hybridized carbons (Fsp3) is 0.385. The molecular formula is C13H17F2N. The molecule has 0 spiro atoms. The highest BCUT2D eigenvalue weighted by Gasteiger charge is 2.07. The van der Waals surface area contributed by atoms with E-state index in [1.807, 2.05) is 19.9 Å².